The predicted molar refractivity (Wildman–Crippen MR) is 108 cm³/mol. The van der Waals surface area contributed by atoms with E-state index in [0.717, 1.165) is 21.2 Å². The molecule has 0 radical (unpaired) electrons. The van der Waals surface area contributed by atoms with Crippen molar-refractivity contribution in [3.63, 3.8) is 0 Å². The third-order valence-corrected chi connectivity index (χ3v) is 4.62. The van der Waals surface area contributed by atoms with E-state index in [9.17, 15) is 14.0 Å². The molecule has 2 aromatic rings. The number of quaternary nitrogens is 1. The number of amides is 2. The van der Waals surface area contributed by atoms with Crippen LogP contribution in [0, 0.1) is 5.82 Å². The fraction of sp³-hybridized carbons (Fsp3) is 0.200. The number of thioether (sulfide) groups is 1. The van der Waals surface area contributed by atoms with Crippen molar-refractivity contribution in [2.45, 2.75) is 4.90 Å². The third kappa shape index (κ3) is 7.24. The molecule has 0 fully saturated rings. The maximum atomic E-state index is 13.2. The lowest BCUT2D eigenvalue weighted by molar-refractivity contribution is -0.862. The summed E-state index contributed by atoms with van der Waals surface area (Å²) in [5.74, 6) is -0.135. The molecule has 5 nitrogen and oxygen atoms in total. The van der Waals surface area contributed by atoms with Crippen LogP contribution in [0.2, 0.25) is 0 Å². The maximum Gasteiger partial charge on any atom is 0.279 e. The molecule has 2 rings (SSSR count). The number of rotatable bonds is 9. The number of halogens is 1. The summed E-state index contributed by atoms with van der Waals surface area (Å²) in [6.45, 7) is 3.93. The average Bonchev–Trinajstić information content (AvgIpc) is 2.60. The van der Waals surface area contributed by atoms with E-state index in [-0.39, 0.29) is 24.9 Å². The first kappa shape index (κ1) is 20.7. The van der Waals surface area contributed by atoms with Crippen LogP contribution in [0.3, 0.4) is 0 Å². The summed E-state index contributed by atoms with van der Waals surface area (Å²) < 4.78 is 13.2. The first-order valence-corrected chi connectivity index (χ1v) is 9.46. The molecule has 7 heteroatoms. The van der Waals surface area contributed by atoms with E-state index in [0.29, 0.717) is 5.69 Å². The number of hydrogen-bond acceptors (Lipinski definition) is 3. The number of para-hydroxylation sites is 1. The van der Waals surface area contributed by atoms with Crippen molar-refractivity contribution in [3.05, 3.63) is 67.0 Å². The number of carbonyl (C=O) groups excluding carboxylic acids is 2. The fourth-order valence-electron chi connectivity index (χ4n) is 2.42. The predicted octanol–water partition coefficient (Wildman–Crippen LogP) is 2.20. The Bertz CT molecular complexity index is 813. The number of anilines is 2. The molecule has 142 valence electrons. The van der Waals surface area contributed by atoms with Crippen LogP contribution < -0.4 is 15.5 Å². The van der Waals surface area contributed by atoms with Gasteiger partial charge in [-0.1, -0.05) is 24.3 Å². The van der Waals surface area contributed by atoms with Crippen LogP contribution in [-0.2, 0) is 9.59 Å². The van der Waals surface area contributed by atoms with Crippen LogP contribution in [-0.4, -0.2) is 37.7 Å². The Labute approximate surface area is 162 Å². The van der Waals surface area contributed by atoms with Gasteiger partial charge in [0, 0.05) is 16.3 Å². The number of hydrogen-bond donors (Lipinski definition) is 3. The monoisotopic (exact) mass is 388 g/mol. The molecule has 0 aliphatic rings. The summed E-state index contributed by atoms with van der Waals surface area (Å²) in [4.78, 5) is 26.0. The topological polar surface area (TPSA) is 62.6 Å². The Morgan fingerprint density at radius 1 is 1.11 bits per heavy atom. The molecular weight excluding hydrogens is 365 g/mol. The van der Waals surface area contributed by atoms with Crippen LogP contribution in [0.15, 0.2) is 66.1 Å². The molecule has 0 saturated heterocycles. The molecule has 0 heterocycles. The number of carbonyl (C=O) groups is 2. The smallest absolute Gasteiger partial charge is 0.279 e. The molecule has 27 heavy (non-hydrogen) atoms. The highest BCUT2D eigenvalue weighted by Crippen LogP contribution is 2.26. The lowest BCUT2D eigenvalue weighted by atomic mass is 10.3. The Hall–Kier alpha value is -2.64. The van der Waals surface area contributed by atoms with Gasteiger partial charge in [0.25, 0.3) is 11.8 Å². The van der Waals surface area contributed by atoms with E-state index in [1.807, 2.05) is 24.3 Å². The van der Waals surface area contributed by atoms with Crippen molar-refractivity contribution in [3.8, 4) is 0 Å². The standard InChI is InChI=1S/C20H22FN3O2S/c1-3-11-27-18-10-5-4-9-17(18)23-20(26)14-24(2)13-19(25)22-16-8-6-7-15(21)12-16/h3-10,12H,1,11,13-14H2,2H3,(H,22,25)(H,23,26)/p+1. The first-order valence-electron chi connectivity index (χ1n) is 8.47. The Balaban J connectivity index is 1.85. The lowest BCUT2D eigenvalue weighted by Crippen LogP contribution is -3.11. The minimum atomic E-state index is -0.416. The number of benzene rings is 2. The quantitative estimate of drug-likeness (QED) is 0.456. The lowest BCUT2D eigenvalue weighted by Gasteiger charge is -2.15. The number of likely N-dealkylation sites (N-methyl/N-ethyl adjacent to an activating group) is 1. The highest BCUT2D eigenvalue weighted by molar-refractivity contribution is 7.99. The Morgan fingerprint density at radius 3 is 2.52 bits per heavy atom. The van der Waals surface area contributed by atoms with E-state index in [1.54, 1.807) is 31.0 Å². The Kier molecular flexibility index (Phi) is 8.03. The maximum absolute atomic E-state index is 13.2. The molecule has 2 aromatic carbocycles. The molecular formula is C20H23FN3O2S+. The second kappa shape index (κ2) is 10.5. The van der Waals surface area contributed by atoms with Gasteiger partial charge in [-0.15, -0.1) is 18.3 Å². The molecule has 1 unspecified atom stereocenters. The summed E-state index contributed by atoms with van der Waals surface area (Å²) in [7, 11) is 1.75. The van der Waals surface area contributed by atoms with Gasteiger partial charge >= 0.3 is 0 Å². The van der Waals surface area contributed by atoms with E-state index < -0.39 is 5.82 Å². The van der Waals surface area contributed by atoms with Gasteiger partial charge in [0.1, 0.15) is 5.82 Å². The third-order valence-electron chi connectivity index (χ3n) is 3.55. The number of nitrogens with one attached hydrogen (secondary N) is 3. The van der Waals surface area contributed by atoms with Crippen molar-refractivity contribution in [1.29, 1.82) is 0 Å². The highest BCUT2D eigenvalue weighted by atomic mass is 32.2. The molecule has 0 spiro atoms. The molecule has 0 aromatic heterocycles. The molecule has 0 aliphatic heterocycles. The first-order chi connectivity index (χ1) is 13.0. The summed E-state index contributed by atoms with van der Waals surface area (Å²) in [5.41, 5.74) is 1.14. The van der Waals surface area contributed by atoms with Gasteiger partial charge < -0.3 is 15.5 Å². The second-order valence-corrected chi connectivity index (χ2v) is 7.08. The van der Waals surface area contributed by atoms with Gasteiger partial charge in [0.05, 0.1) is 12.7 Å². The van der Waals surface area contributed by atoms with Crippen molar-refractivity contribution in [2.75, 3.05) is 36.5 Å². The highest BCUT2D eigenvalue weighted by Gasteiger charge is 2.15. The van der Waals surface area contributed by atoms with E-state index >= 15 is 0 Å². The second-order valence-electron chi connectivity index (χ2n) is 6.01. The largest absolute Gasteiger partial charge is 0.322 e. The van der Waals surface area contributed by atoms with Crippen LogP contribution >= 0.6 is 11.8 Å². The minimum absolute atomic E-state index is 0.0940. The molecule has 0 saturated carbocycles. The molecule has 3 N–H and O–H groups in total. The summed E-state index contributed by atoms with van der Waals surface area (Å²) in [5, 5.41) is 5.51. The summed E-state index contributed by atoms with van der Waals surface area (Å²) in [6.07, 6.45) is 1.80. The molecule has 2 amide bonds. The summed E-state index contributed by atoms with van der Waals surface area (Å²) in [6, 6.07) is 13.2. The van der Waals surface area contributed by atoms with Gasteiger partial charge in [0.15, 0.2) is 13.1 Å². The summed E-state index contributed by atoms with van der Waals surface area (Å²) >= 11 is 1.59. The van der Waals surface area contributed by atoms with Crippen LogP contribution in [0.5, 0.6) is 0 Å². The Morgan fingerprint density at radius 2 is 1.81 bits per heavy atom. The van der Waals surface area contributed by atoms with Gasteiger partial charge in [0.2, 0.25) is 0 Å². The van der Waals surface area contributed by atoms with Gasteiger partial charge in [-0.25, -0.2) is 4.39 Å². The van der Waals surface area contributed by atoms with E-state index in [1.165, 1.54) is 18.2 Å². The average molecular weight is 388 g/mol. The van der Waals surface area contributed by atoms with Crippen molar-refractivity contribution >= 4 is 35.0 Å². The van der Waals surface area contributed by atoms with Gasteiger partial charge in [-0.05, 0) is 30.3 Å². The SMILES string of the molecule is C=CCSc1ccccc1NC(=O)C[NH+](C)CC(=O)Nc1cccc(F)c1. The fourth-order valence-corrected chi connectivity index (χ4v) is 3.17. The van der Waals surface area contributed by atoms with Gasteiger partial charge in [-0.2, -0.15) is 0 Å². The van der Waals surface area contributed by atoms with Crippen LogP contribution in [0.25, 0.3) is 0 Å². The zero-order valence-corrected chi connectivity index (χ0v) is 15.9. The molecule has 0 bridgehead atoms. The van der Waals surface area contributed by atoms with E-state index in [2.05, 4.69) is 17.2 Å². The molecule has 1 atom stereocenters. The zero-order valence-electron chi connectivity index (χ0n) is 15.1. The van der Waals surface area contributed by atoms with Crippen LogP contribution in [0.1, 0.15) is 0 Å². The van der Waals surface area contributed by atoms with Crippen LogP contribution in [0.4, 0.5) is 15.8 Å². The van der Waals surface area contributed by atoms with Crippen molar-refractivity contribution in [2.24, 2.45) is 0 Å². The minimum Gasteiger partial charge on any atom is -0.322 e. The molecule has 0 aliphatic carbocycles. The van der Waals surface area contributed by atoms with Crippen molar-refractivity contribution in [1.82, 2.24) is 0 Å². The normalized spacial score (nSPS) is 11.5. The van der Waals surface area contributed by atoms with Gasteiger partial charge in [-0.3, -0.25) is 9.59 Å². The van der Waals surface area contributed by atoms with Crippen molar-refractivity contribution < 1.29 is 18.9 Å². The zero-order chi connectivity index (χ0) is 19.6. The van der Waals surface area contributed by atoms with E-state index in [4.69, 9.17) is 0 Å².